The Hall–Kier alpha value is -1.33. The second kappa shape index (κ2) is 5.41. The standard InChI is InChI=1S/C9H15N3O2/c1-2-8(12-14)6-11-9(13)7-3-4-10-5-7/h3-5,8,10,12,14H,2,6H2,1H3,(H,11,13). The second-order valence-electron chi connectivity index (χ2n) is 3.04. The highest BCUT2D eigenvalue weighted by Crippen LogP contribution is 1.96. The third-order valence-corrected chi connectivity index (χ3v) is 2.04. The Morgan fingerprint density at radius 2 is 2.50 bits per heavy atom. The van der Waals surface area contributed by atoms with Gasteiger partial charge in [-0.3, -0.25) is 4.79 Å². The van der Waals surface area contributed by atoms with E-state index >= 15 is 0 Å². The molecule has 0 aliphatic rings. The van der Waals surface area contributed by atoms with Crippen molar-refractivity contribution in [3.63, 3.8) is 0 Å². The van der Waals surface area contributed by atoms with E-state index in [0.717, 1.165) is 6.42 Å². The number of rotatable bonds is 5. The fourth-order valence-electron chi connectivity index (χ4n) is 1.06. The van der Waals surface area contributed by atoms with Gasteiger partial charge in [0.05, 0.1) is 5.56 Å². The van der Waals surface area contributed by atoms with Crippen LogP contribution in [0, 0.1) is 0 Å². The van der Waals surface area contributed by atoms with Crippen molar-refractivity contribution < 1.29 is 10.0 Å². The van der Waals surface area contributed by atoms with Crippen molar-refractivity contribution in [2.45, 2.75) is 19.4 Å². The summed E-state index contributed by atoms with van der Waals surface area (Å²) in [6.07, 6.45) is 4.07. The van der Waals surface area contributed by atoms with E-state index in [2.05, 4.69) is 15.8 Å². The van der Waals surface area contributed by atoms with Gasteiger partial charge < -0.3 is 15.5 Å². The lowest BCUT2D eigenvalue weighted by Gasteiger charge is -2.12. The summed E-state index contributed by atoms with van der Waals surface area (Å²) in [7, 11) is 0. The Morgan fingerprint density at radius 3 is 3.00 bits per heavy atom. The van der Waals surface area contributed by atoms with Crippen LogP contribution in [0.25, 0.3) is 0 Å². The van der Waals surface area contributed by atoms with Gasteiger partial charge in [-0.15, -0.1) is 0 Å². The normalized spacial score (nSPS) is 12.4. The van der Waals surface area contributed by atoms with Gasteiger partial charge in [-0.2, -0.15) is 0 Å². The lowest BCUT2D eigenvalue weighted by molar-refractivity contribution is 0.0913. The smallest absolute Gasteiger partial charge is 0.252 e. The Balaban J connectivity index is 2.35. The minimum Gasteiger partial charge on any atom is -0.367 e. The molecule has 0 aliphatic carbocycles. The molecule has 1 atom stereocenters. The van der Waals surface area contributed by atoms with E-state index in [1.807, 2.05) is 6.92 Å². The Labute approximate surface area is 82.5 Å². The van der Waals surface area contributed by atoms with Gasteiger partial charge in [0.1, 0.15) is 0 Å². The van der Waals surface area contributed by atoms with E-state index in [1.165, 1.54) is 0 Å². The minimum atomic E-state index is -0.139. The van der Waals surface area contributed by atoms with Crippen molar-refractivity contribution in [2.24, 2.45) is 0 Å². The van der Waals surface area contributed by atoms with Crippen LogP contribution in [0.4, 0.5) is 0 Å². The number of hydrogen-bond acceptors (Lipinski definition) is 3. The Bertz CT molecular complexity index is 268. The molecule has 1 unspecified atom stereocenters. The quantitative estimate of drug-likeness (QED) is 0.519. The second-order valence-corrected chi connectivity index (χ2v) is 3.04. The van der Waals surface area contributed by atoms with Gasteiger partial charge >= 0.3 is 0 Å². The third-order valence-electron chi connectivity index (χ3n) is 2.04. The topological polar surface area (TPSA) is 77.2 Å². The van der Waals surface area contributed by atoms with Crippen LogP contribution in [-0.2, 0) is 0 Å². The minimum absolute atomic E-state index is 0.0992. The summed E-state index contributed by atoms with van der Waals surface area (Å²) in [5.41, 5.74) is 2.73. The number of hydroxylamine groups is 1. The molecule has 5 heteroatoms. The number of carbonyl (C=O) groups is 1. The molecule has 14 heavy (non-hydrogen) atoms. The van der Waals surface area contributed by atoms with Crippen molar-refractivity contribution in [3.05, 3.63) is 24.0 Å². The number of hydrogen-bond donors (Lipinski definition) is 4. The predicted molar refractivity (Wildman–Crippen MR) is 52.1 cm³/mol. The zero-order valence-electron chi connectivity index (χ0n) is 8.08. The lowest BCUT2D eigenvalue weighted by atomic mass is 10.2. The summed E-state index contributed by atoms with van der Waals surface area (Å²) < 4.78 is 0. The molecule has 78 valence electrons. The van der Waals surface area contributed by atoms with Gasteiger partial charge in [0.2, 0.25) is 0 Å². The van der Waals surface area contributed by atoms with Crippen molar-refractivity contribution in [3.8, 4) is 0 Å². The molecule has 0 bridgehead atoms. The van der Waals surface area contributed by atoms with Crippen molar-refractivity contribution in [2.75, 3.05) is 6.54 Å². The maximum Gasteiger partial charge on any atom is 0.252 e. The number of amides is 1. The highest BCUT2D eigenvalue weighted by molar-refractivity contribution is 5.93. The molecule has 1 aromatic rings. The van der Waals surface area contributed by atoms with E-state index in [9.17, 15) is 4.79 Å². The fourth-order valence-corrected chi connectivity index (χ4v) is 1.06. The zero-order valence-corrected chi connectivity index (χ0v) is 8.08. The van der Waals surface area contributed by atoms with Crippen LogP contribution < -0.4 is 10.8 Å². The van der Waals surface area contributed by atoms with Crippen LogP contribution in [0.3, 0.4) is 0 Å². The number of H-pyrrole nitrogens is 1. The zero-order chi connectivity index (χ0) is 10.4. The van der Waals surface area contributed by atoms with Gasteiger partial charge in [0, 0.05) is 25.0 Å². The average molecular weight is 197 g/mol. The molecule has 5 nitrogen and oxygen atoms in total. The van der Waals surface area contributed by atoms with E-state index in [-0.39, 0.29) is 11.9 Å². The Morgan fingerprint density at radius 1 is 1.71 bits per heavy atom. The Kier molecular flexibility index (Phi) is 4.15. The fraction of sp³-hybridized carbons (Fsp3) is 0.444. The first-order chi connectivity index (χ1) is 6.77. The van der Waals surface area contributed by atoms with Crippen molar-refractivity contribution >= 4 is 5.91 Å². The van der Waals surface area contributed by atoms with Crippen LogP contribution in [0.5, 0.6) is 0 Å². The molecule has 0 spiro atoms. The van der Waals surface area contributed by atoms with Gasteiger partial charge in [-0.25, -0.2) is 5.48 Å². The number of aromatic amines is 1. The van der Waals surface area contributed by atoms with Gasteiger partial charge in [0.25, 0.3) is 5.91 Å². The summed E-state index contributed by atoms with van der Waals surface area (Å²) in [5, 5.41) is 11.4. The number of nitrogens with one attached hydrogen (secondary N) is 3. The molecular weight excluding hydrogens is 182 g/mol. The van der Waals surface area contributed by atoms with E-state index in [1.54, 1.807) is 18.5 Å². The van der Waals surface area contributed by atoms with Gasteiger partial charge in [-0.1, -0.05) is 6.92 Å². The molecule has 1 heterocycles. The first-order valence-electron chi connectivity index (χ1n) is 4.58. The molecule has 0 radical (unpaired) electrons. The molecule has 1 rings (SSSR count). The van der Waals surface area contributed by atoms with Crippen LogP contribution in [0.15, 0.2) is 18.5 Å². The first-order valence-corrected chi connectivity index (χ1v) is 4.58. The van der Waals surface area contributed by atoms with E-state index in [0.29, 0.717) is 12.1 Å². The summed E-state index contributed by atoms with van der Waals surface area (Å²) in [6, 6.07) is 1.60. The summed E-state index contributed by atoms with van der Waals surface area (Å²) >= 11 is 0. The largest absolute Gasteiger partial charge is 0.367 e. The van der Waals surface area contributed by atoms with E-state index < -0.39 is 0 Å². The van der Waals surface area contributed by atoms with Gasteiger partial charge in [0.15, 0.2) is 0 Å². The molecule has 4 N–H and O–H groups in total. The van der Waals surface area contributed by atoms with Crippen molar-refractivity contribution in [1.82, 2.24) is 15.8 Å². The number of carbonyl (C=O) groups excluding carboxylic acids is 1. The summed E-state index contributed by atoms with van der Waals surface area (Å²) in [6.45, 7) is 2.34. The molecule has 0 aromatic carbocycles. The van der Waals surface area contributed by atoms with Crippen molar-refractivity contribution in [1.29, 1.82) is 0 Å². The number of aromatic nitrogens is 1. The molecule has 0 aliphatic heterocycles. The van der Waals surface area contributed by atoms with Crippen LogP contribution in [0.2, 0.25) is 0 Å². The van der Waals surface area contributed by atoms with E-state index in [4.69, 9.17) is 5.21 Å². The van der Waals surface area contributed by atoms with Crippen LogP contribution >= 0.6 is 0 Å². The lowest BCUT2D eigenvalue weighted by Crippen LogP contribution is -2.38. The first kappa shape index (κ1) is 10.7. The highest BCUT2D eigenvalue weighted by Gasteiger charge is 2.08. The molecule has 0 saturated heterocycles. The molecule has 1 amide bonds. The highest BCUT2D eigenvalue weighted by atomic mass is 16.5. The summed E-state index contributed by atoms with van der Waals surface area (Å²) in [5.74, 6) is -0.139. The molecular formula is C9H15N3O2. The van der Waals surface area contributed by atoms with Gasteiger partial charge in [-0.05, 0) is 12.5 Å². The molecule has 1 aromatic heterocycles. The predicted octanol–water partition coefficient (Wildman–Crippen LogP) is 0.502. The molecule has 0 saturated carbocycles. The van der Waals surface area contributed by atoms with Crippen LogP contribution in [0.1, 0.15) is 23.7 Å². The third kappa shape index (κ3) is 2.86. The maximum atomic E-state index is 11.4. The summed E-state index contributed by atoms with van der Waals surface area (Å²) in [4.78, 5) is 14.2. The monoisotopic (exact) mass is 197 g/mol. The average Bonchev–Trinajstić information content (AvgIpc) is 2.72. The maximum absolute atomic E-state index is 11.4. The SMILES string of the molecule is CCC(CNC(=O)c1cc[nH]c1)NO. The van der Waals surface area contributed by atoms with Crippen LogP contribution in [-0.4, -0.2) is 28.7 Å². The molecule has 0 fully saturated rings.